The summed E-state index contributed by atoms with van der Waals surface area (Å²) >= 11 is 0. The van der Waals surface area contributed by atoms with E-state index >= 15 is 0 Å². The average Bonchev–Trinajstić information content (AvgIpc) is 3.13. The summed E-state index contributed by atoms with van der Waals surface area (Å²) in [6.07, 6.45) is 1.52. The molecule has 0 aliphatic carbocycles. The summed E-state index contributed by atoms with van der Waals surface area (Å²) in [5, 5.41) is 19.0. The highest BCUT2D eigenvalue weighted by atomic mass is 16.6. The third-order valence-electron chi connectivity index (χ3n) is 3.25. The minimum absolute atomic E-state index is 0.0190. The fraction of sp³-hybridized carbons (Fsp3) is 0.250. The van der Waals surface area contributed by atoms with Crippen LogP contribution in [0.15, 0.2) is 47.1 Å². The van der Waals surface area contributed by atoms with Crippen LogP contribution in [0.2, 0.25) is 0 Å². The number of benzene rings is 1. The van der Waals surface area contributed by atoms with E-state index in [4.69, 9.17) is 4.42 Å². The Hall–Kier alpha value is -3.36. The number of carbonyl (C=O) groups excluding carboxylic acids is 2. The highest BCUT2D eigenvalue weighted by Crippen LogP contribution is 2.22. The summed E-state index contributed by atoms with van der Waals surface area (Å²) < 4.78 is 4.93. The second-order valence-corrected chi connectivity index (χ2v) is 5.03. The molecule has 25 heavy (non-hydrogen) atoms. The van der Waals surface area contributed by atoms with Crippen LogP contribution in [0, 0.1) is 10.1 Å². The molecule has 0 saturated carbocycles. The van der Waals surface area contributed by atoms with Crippen LogP contribution in [-0.2, 0) is 4.79 Å². The molecule has 0 atom stereocenters. The molecule has 0 aliphatic heterocycles. The molecule has 0 spiro atoms. The molecule has 1 aromatic carbocycles. The Labute approximate surface area is 143 Å². The summed E-state index contributed by atoms with van der Waals surface area (Å²) in [6, 6.07) is 9.42. The summed E-state index contributed by atoms with van der Waals surface area (Å²) in [4.78, 5) is 33.7. The van der Waals surface area contributed by atoms with Gasteiger partial charge in [0.05, 0.1) is 11.2 Å². The monoisotopic (exact) mass is 346 g/mol. The van der Waals surface area contributed by atoms with Crippen LogP contribution in [0.25, 0.3) is 0 Å². The Morgan fingerprint density at radius 3 is 2.56 bits per heavy atom. The minimum Gasteiger partial charge on any atom is -0.459 e. The molecule has 9 heteroatoms. The van der Waals surface area contributed by atoms with E-state index in [2.05, 4.69) is 16.0 Å². The summed E-state index contributed by atoms with van der Waals surface area (Å²) in [7, 11) is 0. The van der Waals surface area contributed by atoms with Gasteiger partial charge in [-0.1, -0.05) is 12.1 Å². The van der Waals surface area contributed by atoms with Gasteiger partial charge in [0, 0.05) is 32.1 Å². The quantitative estimate of drug-likeness (QED) is 0.359. The van der Waals surface area contributed by atoms with E-state index in [1.165, 1.54) is 18.4 Å². The number of para-hydroxylation sites is 2. The lowest BCUT2D eigenvalue weighted by Crippen LogP contribution is -2.33. The first-order chi connectivity index (χ1) is 12.1. The molecule has 2 aromatic rings. The maximum Gasteiger partial charge on any atom is 0.292 e. The maximum atomic E-state index is 11.7. The van der Waals surface area contributed by atoms with Crippen LogP contribution in [0.1, 0.15) is 17.0 Å². The lowest BCUT2D eigenvalue weighted by Gasteiger charge is -2.08. The van der Waals surface area contributed by atoms with Crippen LogP contribution in [0.5, 0.6) is 0 Å². The number of carbonyl (C=O) groups is 2. The van der Waals surface area contributed by atoms with Gasteiger partial charge < -0.3 is 20.4 Å². The third-order valence-corrected chi connectivity index (χ3v) is 3.25. The van der Waals surface area contributed by atoms with Gasteiger partial charge in [-0.2, -0.15) is 0 Å². The number of hydrogen-bond acceptors (Lipinski definition) is 6. The number of hydrogen-bond donors (Lipinski definition) is 3. The van der Waals surface area contributed by atoms with Crippen molar-refractivity contribution in [2.75, 3.05) is 25.0 Å². The van der Waals surface area contributed by atoms with Crippen molar-refractivity contribution in [3.8, 4) is 0 Å². The molecule has 3 N–H and O–H groups in total. The number of nitrogens with one attached hydrogen (secondary N) is 3. The van der Waals surface area contributed by atoms with E-state index in [0.717, 1.165) is 0 Å². The molecule has 0 radical (unpaired) electrons. The largest absolute Gasteiger partial charge is 0.459 e. The van der Waals surface area contributed by atoms with E-state index in [0.29, 0.717) is 18.8 Å². The zero-order chi connectivity index (χ0) is 18.1. The highest BCUT2D eigenvalue weighted by molar-refractivity contribution is 5.91. The predicted molar refractivity (Wildman–Crippen MR) is 90.3 cm³/mol. The first-order valence-electron chi connectivity index (χ1n) is 7.63. The normalized spacial score (nSPS) is 10.1. The van der Waals surface area contributed by atoms with Crippen molar-refractivity contribution in [3.63, 3.8) is 0 Å². The van der Waals surface area contributed by atoms with Crippen molar-refractivity contribution in [2.45, 2.75) is 6.42 Å². The van der Waals surface area contributed by atoms with Gasteiger partial charge >= 0.3 is 0 Å². The topological polar surface area (TPSA) is 127 Å². The van der Waals surface area contributed by atoms with Crippen molar-refractivity contribution in [1.29, 1.82) is 0 Å². The van der Waals surface area contributed by atoms with Crippen LogP contribution < -0.4 is 16.0 Å². The SMILES string of the molecule is O=C(CCNC(=O)c1ccco1)NCCNc1ccccc1[N+](=O)[O-]. The highest BCUT2D eigenvalue weighted by Gasteiger charge is 2.11. The Bertz CT molecular complexity index is 730. The van der Waals surface area contributed by atoms with E-state index in [1.807, 2.05) is 0 Å². The van der Waals surface area contributed by atoms with Gasteiger partial charge in [-0.3, -0.25) is 19.7 Å². The molecule has 0 aliphatic rings. The van der Waals surface area contributed by atoms with Crippen LogP contribution >= 0.6 is 0 Å². The molecule has 2 amide bonds. The summed E-state index contributed by atoms with van der Waals surface area (Å²) in [6.45, 7) is 0.829. The van der Waals surface area contributed by atoms with Crippen molar-refractivity contribution < 1.29 is 18.9 Å². The molecule has 132 valence electrons. The lowest BCUT2D eigenvalue weighted by molar-refractivity contribution is -0.384. The second-order valence-electron chi connectivity index (χ2n) is 5.03. The smallest absolute Gasteiger partial charge is 0.292 e. The zero-order valence-corrected chi connectivity index (χ0v) is 13.4. The van der Waals surface area contributed by atoms with Gasteiger partial charge in [0.25, 0.3) is 11.6 Å². The fourth-order valence-corrected chi connectivity index (χ4v) is 2.05. The Morgan fingerprint density at radius 2 is 1.84 bits per heavy atom. The van der Waals surface area contributed by atoms with Crippen molar-refractivity contribution >= 4 is 23.2 Å². The molecule has 0 unspecified atom stereocenters. The molecule has 1 heterocycles. The van der Waals surface area contributed by atoms with Gasteiger partial charge in [-0.05, 0) is 18.2 Å². The fourth-order valence-electron chi connectivity index (χ4n) is 2.05. The lowest BCUT2D eigenvalue weighted by atomic mass is 10.2. The number of amides is 2. The number of rotatable bonds is 9. The predicted octanol–water partition coefficient (Wildman–Crippen LogP) is 1.54. The summed E-state index contributed by atoms with van der Waals surface area (Å²) in [5.74, 6) is -0.422. The Balaban J connectivity index is 1.63. The molecule has 0 saturated heterocycles. The van der Waals surface area contributed by atoms with Crippen LogP contribution in [0.3, 0.4) is 0 Å². The summed E-state index contributed by atoms with van der Waals surface area (Å²) in [5.41, 5.74) is 0.377. The van der Waals surface area contributed by atoms with E-state index in [9.17, 15) is 19.7 Å². The number of nitro groups is 1. The van der Waals surface area contributed by atoms with Gasteiger partial charge in [-0.15, -0.1) is 0 Å². The number of nitrogens with zero attached hydrogens (tertiary/aromatic N) is 1. The van der Waals surface area contributed by atoms with Crippen molar-refractivity contribution in [1.82, 2.24) is 10.6 Å². The first kappa shape index (κ1) is 18.0. The molecule has 9 nitrogen and oxygen atoms in total. The number of anilines is 1. The van der Waals surface area contributed by atoms with Gasteiger partial charge in [0.1, 0.15) is 5.69 Å². The Kier molecular flexibility index (Phi) is 6.52. The zero-order valence-electron chi connectivity index (χ0n) is 13.4. The van der Waals surface area contributed by atoms with E-state index in [-0.39, 0.29) is 36.2 Å². The maximum absolute atomic E-state index is 11.7. The number of nitro benzene ring substituents is 1. The third kappa shape index (κ3) is 5.65. The molecule has 0 bridgehead atoms. The Morgan fingerprint density at radius 1 is 1.04 bits per heavy atom. The molecule has 0 fully saturated rings. The second kappa shape index (κ2) is 9.06. The van der Waals surface area contributed by atoms with Crippen LogP contribution in [0.4, 0.5) is 11.4 Å². The van der Waals surface area contributed by atoms with E-state index in [1.54, 1.807) is 24.3 Å². The minimum atomic E-state index is -0.470. The first-order valence-corrected chi connectivity index (χ1v) is 7.63. The molecule has 1 aromatic heterocycles. The van der Waals surface area contributed by atoms with E-state index < -0.39 is 4.92 Å². The molecular formula is C16H18N4O5. The molecular weight excluding hydrogens is 328 g/mol. The average molecular weight is 346 g/mol. The van der Waals surface area contributed by atoms with Gasteiger partial charge in [-0.25, -0.2) is 0 Å². The van der Waals surface area contributed by atoms with Gasteiger partial charge in [0.2, 0.25) is 5.91 Å². The van der Waals surface area contributed by atoms with Crippen LogP contribution in [-0.4, -0.2) is 36.4 Å². The molecule has 2 rings (SSSR count). The van der Waals surface area contributed by atoms with Gasteiger partial charge in [0.15, 0.2) is 5.76 Å². The standard InChI is InChI=1S/C16H18N4O5/c21-15(7-8-19-16(22)14-6-3-11-25-14)18-10-9-17-12-4-1-2-5-13(12)20(23)24/h1-6,11,17H,7-10H2,(H,18,21)(H,19,22). The number of furan rings is 1. The van der Waals surface area contributed by atoms with Crippen molar-refractivity contribution in [3.05, 3.63) is 58.5 Å². The van der Waals surface area contributed by atoms with Crippen molar-refractivity contribution in [2.24, 2.45) is 0 Å².